The van der Waals surface area contributed by atoms with Crippen LogP contribution in [-0.2, 0) is 13.0 Å². The normalized spacial score (nSPS) is 17.2. The van der Waals surface area contributed by atoms with Crippen molar-refractivity contribution in [3.8, 4) is 0 Å². The third kappa shape index (κ3) is 2.42. The number of likely N-dealkylation sites (N-methyl/N-ethyl adjacent to an activating group) is 1. The lowest BCUT2D eigenvalue weighted by Crippen LogP contribution is -3.08. The van der Waals surface area contributed by atoms with E-state index in [9.17, 15) is 4.79 Å². The molecule has 23 heavy (non-hydrogen) atoms. The van der Waals surface area contributed by atoms with Gasteiger partial charge in [0.15, 0.2) is 0 Å². The molecule has 1 aliphatic heterocycles. The van der Waals surface area contributed by atoms with Crippen LogP contribution in [0.4, 0.5) is 5.69 Å². The molecule has 0 bridgehead atoms. The second-order valence-corrected chi connectivity index (χ2v) is 7.12. The molecule has 0 aliphatic carbocycles. The zero-order valence-electron chi connectivity index (χ0n) is 12.9. The summed E-state index contributed by atoms with van der Waals surface area (Å²) in [7, 11) is 2.19. The van der Waals surface area contributed by atoms with E-state index in [1.54, 1.807) is 0 Å². The molecule has 0 fully saturated rings. The molecule has 116 valence electrons. The van der Waals surface area contributed by atoms with Crippen LogP contribution in [0, 0.1) is 0 Å². The van der Waals surface area contributed by atoms with E-state index in [0.717, 1.165) is 35.4 Å². The van der Waals surface area contributed by atoms with Gasteiger partial charge in [0.05, 0.1) is 25.0 Å². The Morgan fingerprint density at radius 2 is 2.09 bits per heavy atom. The number of fused-ring (bicyclic) bond motifs is 2. The first-order chi connectivity index (χ1) is 11.1. The fraction of sp³-hybridized carbons (Fsp3) is 0.222. The van der Waals surface area contributed by atoms with Crippen LogP contribution in [-0.4, -0.2) is 24.4 Å². The number of pyridine rings is 1. The fourth-order valence-electron chi connectivity index (χ4n) is 3.12. The van der Waals surface area contributed by atoms with Gasteiger partial charge in [0.25, 0.3) is 0 Å². The van der Waals surface area contributed by atoms with Gasteiger partial charge in [0.1, 0.15) is 16.3 Å². The highest BCUT2D eigenvalue weighted by molar-refractivity contribution is 7.21. The Bertz CT molecular complexity index is 902. The minimum Gasteiger partial charge on any atom is -0.397 e. The standard InChI is InChI=1S/C18H17N3OS/c1-21-8-7-14-12(10-21)9-13-15(19)17(23-18(13)20-14)16(22)11-5-3-2-4-6-11/h2-6,9H,7-8,10,19H2,1H3/p+1. The number of carbonyl (C=O) groups is 1. The number of carbonyl (C=O) groups excluding carboxylic acids is 1. The van der Waals surface area contributed by atoms with Gasteiger partial charge in [-0.2, -0.15) is 0 Å². The number of hydrogen-bond acceptors (Lipinski definition) is 4. The topological polar surface area (TPSA) is 60.4 Å². The lowest BCUT2D eigenvalue weighted by molar-refractivity contribution is -0.895. The minimum atomic E-state index is -0.0215. The summed E-state index contributed by atoms with van der Waals surface area (Å²) in [5.41, 5.74) is 9.93. The fourth-order valence-corrected chi connectivity index (χ4v) is 4.18. The maximum absolute atomic E-state index is 12.7. The van der Waals surface area contributed by atoms with Crippen molar-refractivity contribution in [2.45, 2.75) is 13.0 Å². The summed E-state index contributed by atoms with van der Waals surface area (Å²) < 4.78 is 0. The van der Waals surface area contributed by atoms with Crippen molar-refractivity contribution < 1.29 is 9.69 Å². The van der Waals surface area contributed by atoms with E-state index in [0.29, 0.717) is 16.1 Å². The number of nitrogen functional groups attached to an aromatic ring is 1. The van der Waals surface area contributed by atoms with E-state index in [1.807, 2.05) is 30.3 Å². The molecule has 0 radical (unpaired) electrons. The first-order valence-corrected chi connectivity index (χ1v) is 8.57. The van der Waals surface area contributed by atoms with Crippen LogP contribution in [0.15, 0.2) is 36.4 Å². The number of rotatable bonds is 2. The summed E-state index contributed by atoms with van der Waals surface area (Å²) in [5.74, 6) is -0.0215. The molecular weight excluding hydrogens is 306 g/mol. The first kappa shape index (κ1) is 14.4. The quantitative estimate of drug-likeness (QED) is 0.705. The molecule has 1 atom stereocenters. The molecule has 1 unspecified atom stereocenters. The predicted octanol–water partition coefficient (Wildman–Crippen LogP) is 1.68. The van der Waals surface area contributed by atoms with Crippen molar-refractivity contribution in [2.24, 2.45) is 0 Å². The summed E-state index contributed by atoms with van der Waals surface area (Å²) >= 11 is 1.41. The van der Waals surface area contributed by atoms with Gasteiger partial charge < -0.3 is 10.6 Å². The summed E-state index contributed by atoms with van der Waals surface area (Å²) in [6.07, 6.45) is 0.983. The lowest BCUT2D eigenvalue weighted by atomic mass is 10.0. The van der Waals surface area contributed by atoms with Gasteiger partial charge in [-0.3, -0.25) is 4.79 Å². The monoisotopic (exact) mass is 324 g/mol. The summed E-state index contributed by atoms with van der Waals surface area (Å²) in [6, 6.07) is 11.4. The van der Waals surface area contributed by atoms with Gasteiger partial charge in [-0.15, -0.1) is 11.3 Å². The Morgan fingerprint density at radius 3 is 2.87 bits per heavy atom. The van der Waals surface area contributed by atoms with Crippen molar-refractivity contribution in [1.82, 2.24) is 4.98 Å². The molecule has 0 saturated carbocycles. The van der Waals surface area contributed by atoms with E-state index in [1.165, 1.54) is 21.8 Å². The Labute approximate surface area is 138 Å². The zero-order chi connectivity index (χ0) is 16.0. The number of aromatic nitrogens is 1. The van der Waals surface area contributed by atoms with Crippen molar-refractivity contribution in [2.75, 3.05) is 19.3 Å². The number of hydrogen-bond donors (Lipinski definition) is 2. The number of quaternary nitrogens is 1. The molecule has 4 nitrogen and oxygen atoms in total. The number of thiophene rings is 1. The summed E-state index contributed by atoms with van der Waals surface area (Å²) in [6.45, 7) is 2.07. The number of nitrogens with one attached hydrogen (secondary N) is 1. The van der Waals surface area contributed by atoms with Gasteiger partial charge in [-0.05, 0) is 6.07 Å². The van der Waals surface area contributed by atoms with Gasteiger partial charge in [0.2, 0.25) is 5.78 Å². The highest BCUT2D eigenvalue weighted by atomic mass is 32.1. The van der Waals surface area contributed by atoms with Crippen LogP contribution in [0.3, 0.4) is 0 Å². The molecule has 0 amide bonds. The minimum absolute atomic E-state index is 0.0215. The smallest absolute Gasteiger partial charge is 0.205 e. The number of ketones is 1. The van der Waals surface area contributed by atoms with Crippen LogP contribution in [0.1, 0.15) is 26.5 Å². The number of anilines is 1. The van der Waals surface area contributed by atoms with E-state index >= 15 is 0 Å². The number of nitrogens with zero attached hydrogens (tertiary/aromatic N) is 1. The van der Waals surface area contributed by atoms with Crippen LogP contribution in [0.5, 0.6) is 0 Å². The van der Waals surface area contributed by atoms with Gasteiger partial charge in [0, 0.05) is 22.9 Å². The second kappa shape index (κ2) is 5.44. The molecule has 1 aromatic carbocycles. The van der Waals surface area contributed by atoms with Crippen molar-refractivity contribution >= 4 is 33.0 Å². The maximum atomic E-state index is 12.7. The zero-order valence-corrected chi connectivity index (χ0v) is 13.7. The second-order valence-electron chi connectivity index (χ2n) is 6.12. The molecule has 2 aromatic heterocycles. The van der Waals surface area contributed by atoms with Gasteiger partial charge in [-0.25, -0.2) is 4.98 Å². The first-order valence-electron chi connectivity index (χ1n) is 7.75. The average Bonchev–Trinajstić information content (AvgIpc) is 2.89. The molecule has 3 heterocycles. The number of nitrogens with two attached hydrogens (primary N) is 1. The third-order valence-electron chi connectivity index (χ3n) is 4.41. The Kier molecular flexibility index (Phi) is 3.39. The lowest BCUT2D eigenvalue weighted by Gasteiger charge is -2.21. The van der Waals surface area contributed by atoms with E-state index in [4.69, 9.17) is 10.7 Å². The molecule has 4 rings (SSSR count). The van der Waals surface area contributed by atoms with Gasteiger partial charge in [-0.1, -0.05) is 30.3 Å². The highest BCUT2D eigenvalue weighted by Gasteiger charge is 2.23. The Balaban J connectivity index is 1.83. The molecule has 0 spiro atoms. The number of benzene rings is 1. The van der Waals surface area contributed by atoms with Gasteiger partial charge >= 0.3 is 0 Å². The van der Waals surface area contributed by atoms with Crippen LogP contribution in [0.2, 0.25) is 0 Å². The predicted molar refractivity (Wildman–Crippen MR) is 93.1 cm³/mol. The summed E-state index contributed by atoms with van der Waals surface area (Å²) in [4.78, 5) is 20.4. The Hall–Kier alpha value is -2.24. The van der Waals surface area contributed by atoms with Crippen molar-refractivity contribution in [1.29, 1.82) is 0 Å². The van der Waals surface area contributed by atoms with Crippen molar-refractivity contribution in [3.63, 3.8) is 0 Å². The largest absolute Gasteiger partial charge is 0.397 e. The van der Waals surface area contributed by atoms with E-state index in [2.05, 4.69) is 13.1 Å². The third-order valence-corrected chi connectivity index (χ3v) is 5.53. The van der Waals surface area contributed by atoms with E-state index in [-0.39, 0.29) is 5.78 Å². The molecular formula is C18H18N3OS+. The van der Waals surface area contributed by atoms with Crippen molar-refractivity contribution in [3.05, 3.63) is 58.1 Å². The highest BCUT2D eigenvalue weighted by Crippen LogP contribution is 2.35. The molecule has 3 aromatic rings. The van der Waals surface area contributed by atoms with Crippen LogP contribution in [0.25, 0.3) is 10.2 Å². The molecule has 1 aliphatic rings. The summed E-state index contributed by atoms with van der Waals surface area (Å²) in [5, 5.41) is 0.919. The van der Waals surface area contributed by atoms with Crippen LogP contribution < -0.4 is 10.6 Å². The molecule has 3 N–H and O–H groups in total. The van der Waals surface area contributed by atoms with Crippen LogP contribution >= 0.6 is 11.3 Å². The SMILES string of the molecule is C[NH+]1CCc2nc3sc(C(=O)c4ccccc4)c(N)c3cc2C1. The molecule has 5 heteroatoms. The Morgan fingerprint density at radius 1 is 1.30 bits per heavy atom. The maximum Gasteiger partial charge on any atom is 0.205 e. The molecule has 0 saturated heterocycles. The van der Waals surface area contributed by atoms with E-state index < -0.39 is 0 Å². The average molecular weight is 324 g/mol.